The van der Waals surface area contributed by atoms with E-state index in [0.717, 1.165) is 21.3 Å². The highest BCUT2D eigenvalue weighted by Gasteiger charge is 2.35. The van der Waals surface area contributed by atoms with Crippen molar-refractivity contribution in [3.8, 4) is 5.75 Å². The highest BCUT2D eigenvalue weighted by molar-refractivity contribution is 9.10. The molecule has 134 valence electrons. The van der Waals surface area contributed by atoms with Crippen molar-refractivity contribution < 1.29 is 14.3 Å². The minimum atomic E-state index is -0.263. The van der Waals surface area contributed by atoms with Gasteiger partial charge in [0, 0.05) is 4.47 Å². The molecule has 0 fully saturated rings. The summed E-state index contributed by atoms with van der Waals surface area (Å²) in [5.74, 6) is 0.224. The standard InChI is InChI=1S/C22H16BrNO3/c23-17-8-11-19-20(12-17)22(26)24(21(19)25)13-15-6-9-18(10-7-15)27-14-16-4-2-1-3-5-16/h1-12H,13-14H2. The van der Waals surface area contributed by atoms with Crippen LogP contribution in [0.5, 0.6) is 5.75 Å². The number of amides is 2. The molecule has 1 aliphatic heterocycles. The normalized spacial score (nSPS) is 13.0. The van der Waals surface area contributed by atoms with E-state index in [0.29, 0.717) is 17.7 Å². The smallest absolute Gasteiger partial charge is 0.261 e. The van der Waals surface area contributed by atoms with E-state index in [9.17, 15) is 9.59 Å². The van der Waals surface area contributed by atoms with Crippen molar-refractivity contribution in [2.24, 2.45) is 0 Å². The van der Waals surface area contributed by atoms with Crippen LogP contribution in [0.1, 0.15) is 31.8 Å². The number of fused-ring (bicyclic) bond motifs is 1. The maximum absolute atomic E-state index is 12.5. The molecule has 3 aromatic carbocycles. The summed E-state index contributed by atoms with van der Waals surface area (Å²) in [6.45, 7) is 0.733. The Morgan fingerprint density at radius 2 is 1.48 bits per heavy atom. The van der Waals surface area contributed by atoms with Gasteiger partial charge in [0.2, 0.25) is 0 Å². The molecule has 0 spiro atoms. The van der Waals surface area contributed by atoms with Crippen LogP contribution in [0.3, 0.4) is 0 Å². The average molecular weight is 422 g/mol. The molecule has 1 heterocycles. The van der Waals surface area contributed by atoms with Gasteiger partial charge >= 0.3 is 0 Å². The Morgan fingerprint density at radius 1 is 0.778 bits per heavy atom. The lowest BCUT2D eigenvalue weighted by Crippen LogP contribution is -2.29. The molecule has 4 nitrogen and oxygen atoms in total. The number of hydrogen-bond acceptors (Lipinski definition) is 3. The van der Waals surface area contributed by atoms with Crippen LogP contribution in [-0.2, 0) is 13.2 Å². The second kappa shape index (κ2) is 7.37. The summed E-state index contributed by atoms with van der Waals surface area (Å²) >= 11 is 3.34. The fourth-order valence-electron chi connectivity index (χ4n) is 3.02. The van der Waals surface area contributed by atoms with Crippen molar-refractivity contribution >= 4 is 27.7 Å². The van der Waals surface area contributed by atoms with Crippen molar-refractivity contribution in [1.82, 2.24) is 4.90 Å². The van der Waals surface area contributed by atoms with Gasteiger partial charge in [-0.1, -0.05) is 58.4 Å². The second-order valence-corrected chi connectivity index (χ2v) is 7.22. The van der Waals surface area contributed by atoms with Crippen LogP contribution in [-0.4, -0.2) is 16.7 Å². The highest BCUT2D eigenvalue weighted by Crippen LogP contribution is 2.27. The van der Waals surface area contributed by atoms with E-state index in [1.807, 2.05) is 54.6 Å². The van der Waals surface area contributed by atoms with Crippen molar-refractivity contribution in [3.63, 3.8) is 0 Å². The zero-order chi connectivity index (χ0) is 18.8. The molecule has 0 bridgehead atoms. The van der Waals surface area contributed by atoms with Gasteiger partial charge in [-0.2, -0.15) is 0 Å². The Morgan fingerprint density at radius 3 is 2.22 bits per heavy atom. The van der Waals surface area contributed by atoms with Crippen molar-refractivity contribution in [2.45, 2.75) is 13.2 Å². The van der Waals surface area contributed by atoms with E-state index < -0.39 is 0 Å². The number of carbonyl (C=O) groups excluding carboxylic acids is 2. The summed E-state index contributed by atoms with van der Waals surface area (Å²) in [7, 11) is 0. The van der Waals surface area contributed by atoms with Gasteiger partial charge in [0.25, 0.3) is 11.8 Å². The van der Waals surface area contributed by atoms with Crippen LogP contribution >= 0.6 is 15.9 Å². The number of benzene rings is 3. The third-order valence-corrected chi connectivity index (χ3v) is 4.94. The monoisotopic (exact) mass is 421 g/mol. The van der Waals surface area contributed by atoms with Crippen LogP contribution in [0.4, 0.5) is 0 Å². The van der Waals surface area contributed by atoms with Gasteiger partial charge in [-0.05, 0) is 41.5 Å². The lowest BCUT2D eigenvalue weighted by Gasteiger charge is -2.14. The lowest BCUT2D eigenvalue weighted by atomic mass is 10.1. The lowest BCUT2D eigenvalue weighted by molar-refractivity contribution is 0.0642. The number of imide groups is 1. The zero-order valence-corrected chi connectivity index (χ0v) is 16.0. The van der Waals surface area contributed by atoms with Crippen LogP contribution < -0.4 is 4.74 Å². The predicted molar refractivity (Wildman–Crippen MR) is 106 cm³/mol. The average Bonchev–Trinajstić information content (AvgIpc) is 2.92. The number of nitrogens with zero attached hydrogens (tertiary/aromatic N) is 1. The van der Waals surface area contributed by atoms with Crippen molar-refractivity contribution in [1.29, 1.82) is 0 Å². The maximum Gasteiger partial charge on any atom is 0.261 e. The molecule has 0 N–H and O–H groups in total. The molecule has 0 unspecified atom stereocenters. The molecule has 0 atom stereocenters. The first kappa shape index (κ1) is 17.5. The minimum Gasteiger partial charge on any atom is -0.489 e. The molecule has 0 aliphatic carbocycles. The first-order chi connectivity index (χ1) is 13.1. The van der Waals surface area contributed by atoms with E-state index in [-0.39, 0.29) is 18.4 Å². The summed E-state index contributed by atoms with van der Waals surface area (Å²) < 4.78 is 6.55. The number of ether oxygens (including phenoxy) is 1. The molecular weight excluding hydrogens is 406 g/mol. The van der Waals surface area contributed by atoms with Crippen LogP contribution in [0, 0.1) is 0 Å². The second-order valence-electron chi connectivity index (χ2n) is 6.30. The molecule has 4 rings (SSSR count). The summed E-state index contributed by atoms with van der Waals surface area (Å²) in [5, 5.41) is 0. The van der Waals surface area contributed by atoms with Crippen LogP contribution in [0.15, 0.2) is 77.3 Å². The summed E-state index contributed by atoms with van der Waals surface area (Å²) in [5.41, 5.74) is 2.86. The molecule has 0 saturated heterocycles. The topological polar surface area (TPSA) is 46.6 Å². The SMILES string of the molecule is O=C1c2ccc(Br)cc2C(=O)N1Cc1ccc(OCc2ccccc2)cc1. The molecular formula is C22H16BrNO3. The Hall–Kier alpha value is -2.92. The van der Waals surface area contributed by atoms with Crippen molar-refractivity contribution in [2.75, 3.05) is 0 Å². The van der Waals surface area contributed by atoms with Gasteiger partial charge in [0.05, 0.1) is 17.7 Å². The molecule has 0 saturated carbocycles. The van der Waals surface area contributed by atoms with Gasteiger partial charge in [-0.3, -0.25) is 14.5 Å². The number of carbonyl (C=O) groups is 2. The Bertz CT molecular complexity index is 1000. The van der Waals surface area contributed by atoms with Crippen LogP contribution in [0.2, 0.25) is 0 Å². The number of halogens is 1. The summed E-state index contributed by atoms with van der Waals surface area (Å²) in [6, 6.07) is 22.5. The van der Waals surface area contributed by atoms with E-state index in [1.54, 1.807) is 18.2 Å². The first-order valence-electron chi connectivity index (χ1n) is 8.53. The minimum absolute atomic E-state index is 0.239. The third-order valence-electron chi connectivity index (χ3n) is 4.45. The van der Waals surface area contributed by atoms with Gasteiger partial charge in [-0.15, -0.1) is 0 Å². The number of hydrogen-bond donors (Lipinski definition) is 0. The first-order valence-corrected chi connectivity index (χ1v) is 9.32. The van der Waals surface area contributed by atoms with E-state index in [1.165, 1.54) is 4.90 Å². The maximum atomic E-state index is 12.5. The molecule has 0 radical (unpaired) electrons. The van der Waals surface area contributed by atoms with E-state index in [4.69, 9.17) is 4.74 Å². The zero-order valence-electron chi connectivity index (χ0n) is 14.4. The Labute approximate surface area is 165 Å². The molecule has 0 aromatic heterocycles. The van der Waals surface area contributed by atoms with Crippen molar-refractivity contribution in [3.05, 3.63) is 99.5 Å². The Kier molecular flexibility index (Phi) is 4.77. The van der Waals surface area contributed by atoms with E-state index >= 15 is 0 Å². The molecule has 27 heavy (non-hydrogen) atoms. The van der Waals surface area contributed by atoms with Gasteiger partial charge < -0.3 is 4.74 Å². The summed E-state index contributed by atoms with van der Waals surface area (Å²) in [4.78, 5) is 26.3. The number of rotatable bonds is 5. The fraction of sp³-hybridized carbons (Fsp3) is 0.0909. The molecule has 5 heteroatoms. The van der Waals surface area contributed by atoms with Gasteiger partial charge in [0.1, 0.15) is 12.4 Å². The van der Waals surface area contributed by atoms with Gasteiger partial charge in [0.15, 0.2) is 0 Å². The Balaban J connectivity index is 1.43. The highest BCUT2D eigenvalue weighted by atomic mass is 79.9. The van der Waals surface area contributed by atoms with Crippen LogP contribution in [0.25, 0.3) is 0 Å². The summed E-state index contributed by atoms with van der Waals surface area (Å²) in [6.07, 6.45) is 0. The largest absolute Gasteiger partial charge is 0.489 e. The van der Waals surface area contributed by atoms with E-state index in [2.05, 4.69) is 15.9 Å². The van der Waals surface area contributed by atoms with Gasteiger partial charge in [-0.25, -0.2) is 0 Å². The quantitative estimate of drug-likeness (QED) is 0.554. The molecule has 2 amide bonds. The predicted octanol–water partition coefficient (Wildman–Crippen LogP) is 4.82. The third kappa shape index (κ3) is 3.64. The fourth-order valence-corrected chi connectivity index (χ4v) is 3.38. The molecule has 1 aliphatic rings. The molecule has 3 aromatic rings.